The van der Waals surface area contributed by atoms with Crippen molar-refractivity contribution in [1.29, 1.82) is 0 Å². The number of amides is 1. The number of nitrogens with zero attached hydrogens (tertiary/aromatic N) is 1. The van der Waals surface area contributed by atoms with Crippen LogP contribution in [0.15, 0.2) is 12.1 Å². The molecular formula is C13H12Cl2FNO2. The van der Waals surface area contributed by atoms with E-state index in [1.54, 1.807) is 0 Å². The Bertz CT molecular complexity index is 534. The number of hydrogen-bond acceptors (Lipinski definition) is 2. The lowest BCUT2D eigenvalue weighted by atomic mass is 10.1. The number of unbranched alkanes of at least 4 members (excludes halogenated alkanes) is 2. The number of alkyl halides is 1. The van der Waals surface area contributed by atoms with E-state index in [9.17, 15) is 14.0 Å². The maximum absolute atomic E-state index is 13.4. The monoisotopic (exact) mass is 303 g/mol. The van der Waals surface area contributed by atoms with Crippen LogP contribution in [0.2, 0.25) is 5.02 Å². The molecule has 0 saturated carbocycles. The van der Waals surface area contributed by atoms with Crippen molar-refractivity contribution in [3.05, 3.63) is 28.5 Å². The van der Waals surface area contributed by atoms with Crippen molar-refractivity contribution in [2.75, 3.05) is 17.3 Å². The van der Waals surface area contributed by atoms with E-state index in [0.717, 1.165) is 25.3 Å². The lowest BCUT2D eigenvalue weighted by Crippen LogP contribution is -2.30. The second kappa shape index (κ2) is 5.88. The van der Waals surface area contributed by atoms with E-state index in [4.69, 9.17) is 23.2 Å². The van der Waals surface area contributed by atoms with Crippen molar-refractivity contribution >= 4 is 40.6 Å². The van der Waals surface area contributed by atoms with Crippen molar-refractivity contribution in [3.8, 4) is 0 Å². The van der Waals surface area contributed by atoms with E-state index in [0.29, 0.717) is 18.1 Å². The predicted octanol–water partition coefficient (Wildman–Crippen LogP) is 3.42. The summed E-state index contributed by atoms with van der Waals surface area (Å²) in [7, 11) is 0. The van der Waals surface area contributed by atoms with Crippen LogP contribution in [-0.2, 0) is 4.79 Å². The first-order valence-electron chi connectivity index (χ1n) is 5.97. The van der Waals surface area contributed by atoms with Crippen LogP contribution in [0.5, 0.6) is 0 Å². The molecule has 0 spiro atoms. The van der Waals surface area contributed by atoms with Gasteiger partial charge < -0.3 is 4.90 Å². The molecule has 0 fully saturated rings. The van der Waals surface area contributed by atoms with Crippen molar-refractivity contribution in [2.45, 2.75) is 19.3 Å². The summed E-state index contributed by atoms with van der Waals surface area (Å²) in [6, 6.07) is 2.35. The zero-order valence-electron chi connectivity index (χ0n) is 10.1. The minimum Gasteiger partial charge on any atom is -0.305 e. The summed E-state index contributed by atoms with van der Waals surface area (Å²) >= 11 is 11.2. The average molecular weight is 304 g/mol. The lowest BCUT2D eigenvalue weighted by molar-refractivity contribution is -0.114. The number of ketones is 1. The van der Waals surface area contributed by atoms with Crippen LogP contribution in [0, 0.1) is 5.82 Å². The number of carbonyl (C=O) groups is 2. The first kappa shape index (κ1) is 14.3. The van der Waals surface area contributed by atoms with E-state index in [1.165, 1.54) is 11.0 Å². The van der Waals surface area contributed by atoms with Crippen LogP contribution >= 0.6 is 23.2 Å². The second-order valence-electron chi connectivity index (χ2n) is 4.32. The fourth-order valence-electron chi connectivity index (χ4n) is 2.05. The number of hydrogen-bond donors (Lipinski definition) is 0. The molecule has 0 atom stereocenters. The molecule has 0 aliphatic carbocycles. The molecule has 19 heavy (non-hydrogen) atoms. The van der Waals surface area contributed by atoms with E-state index < -0.39 is 17.5 Å². The molecule has 0 aromatic heterocycles. The Kier molecular flexibility index (Phi) is 4.42. The summed E-state index contributed by atoms with van der Waals surface area (Å²) in [6.45, 7) is 0.384. The summed E-state index contributed by atoms with van der Waals surface area (Å²) in [5.74, 6) is -1.32. The molecule has 1 amide bonds. The first-order valence-corrected chi connectivity index (χ1v) is 6.88. The number of rotatable bonds is 5. The molecule has 0 N–H and O–H groups in total. The van der Waals surface area contributed by atoms with Crippen LogP contribution in [-0.4, -0.2) is 24.1 Å². The van der Waals surface area contributed by atoms with Gasteiger partial charge in [-0.25, -0.2) is 4.39 Å². The Labute approximate surface area is 120 Å². The van der Waals surface area contributed by atoms with Crippen LogP contribution in [0.1, 0.15) is 29.6 Å². The van der Waals surface area contributed by atoms with Gasteiger partial charge in [-0.05, 0) is 25.0 Å². The zero-order chi connectivity index (χ0) is 14.0. The van der Waals surface area contributed by atoms with Gasteiger partial charge in [-0.1, -0.05) is 18.0 Å². The molecule has 102 valence electrons. The van der Waals surface area contributed by atoms with Crippen LogP contribution in [0.3, 0.4) is 0 Å². The summed E-state index contributed by atoms with van der Waals surface area (Å²) in [4.78, 5) is 24.9. The summed E-state index contributed by atoms with van der Waals surface area (Å²) < 4.78 is 13.4. The van der Waals surface area contributed by atoms with Gasteiger partial charge in [0, 0.05) is 12.4 Å². The van der Waals surface area contributed by atoms with E-state index in [2.05, 4.69) is 0 Å². The second-order valence-corrected chi connectivity index (χ2v) is 5.10. The number of Topliss-reactive ketones (excluding diaryl/α,β-unsaturated/α-hetero) is 1. The van der Waals surface area contributed by atoms with E-state index in [1.807, 2.05) is 0 Å². The number of halogens is 3. The van der Waals surface area contributed by atoms with Gasteiger partial charge in [0.15, 0.2) is 0 Å². The molecule has 6 heteroatoms. The maximum Gasteiger partial charge on any atom is 0.299 e. The van der Waals surface area contributed by atoms with Gasteiger partial charge in [0.25, 0.3) is 11.7 Å². The van der Waals surface area contributed by atoms with Crippen LogP contribution in [0.4, 0.5) is 10.1 Å². The molecule has 0 bridgehead atoms. The van der Waals surface area contributed by atoms with Crippen LogP contribution < -0.4 is 4.90 Å². The highest BCUT2D eigenvalue weighted by atomic mass is 35.5. The van der Waals surface area contributed by atoms with E-state index in [-0.39, 0.29) is 10.6 Å². The standard InChI is InChI=1S/C13H12Cl2FNO2/c14-4-2-1-3-5-17-11-7-10(16)9(15)6-8(11)12(18)13(17)19/h6-7H,1-5H2. The molecule has 1 aliphatic heterocycles. The third-order valence-corrected chi connectivity index (χ3v) is 3.59. The lowest BCUT2D eigenvalue weighted by Gasteiger charge is -2.16. The molecule has 1 aromatic carbocycles. The molecule has 0 radical (unpaired) electrons. The number of carbonyl (C=O) groups excluding carboxylic acids is 2. The topological polar surface area (TPSA) is 37.4 Å². The molecule has 2 rings (SSSR count). The van der Waals surface area contributed by atoms with Crippen molar-refractivity contribution < 1.29 is 14.0 Å². The van der Waals surface area contributed by atoms with Gasteiger partial charge in [-0.3, -0.25) is 9.59 Å². The van der Waals surface area contributed by atoms with Crippen molar-refractivity contribution in [1.82, 2.24) is 0 Å². The minimum atomic E-state index is -0.631. The van der Waals surface area contributed by atoms with E-state index >= 15 is 0 Å². The van der Waals surface area contributed by atoms with Gasteiger partial charge in [0.1, 0.15) is 5.82 Å². The highest BCUT2D eigenvalue weighted by Crippen LogP contribution is 2.33. The predicted molar refractivity (Wildman–Crippen MR) is 72.7 cm³/mol. The number of fused-ring (bicyclic) bond motifs is 1. The van der Waals surface area contributed by atoms with Gasteiger partial charge in [-0.15, -0.1) is 11.6 Å². The Morgan fingerprint density at radius 2 is 1.89 bits per heavy atom. The van der Waals surface area contributed by atoms with Gasteiger partial charge in [0.05, 0.1) is 16.3 Å². The molecule has 0 saturated heterocycles. The summed E-state index contributed by atoms with van der Waals surface area (Å²) in [6.07, 6.45) is 2.42. The Morgan fingerprint density at radius 1 is 1.16 bits per heavy atom. The highest BCUT2D eigenvalue weighted by Gasteiger charge is 2.36. The average Bonchev–Trinajstić information content (AvgIpc) is 2.60. The largest absolute Gasteiger partial charge is 0.305 e. The zero-order valence-corrected chi connectivity index (χ0v) is 11.6. The molecule has 3 nitrogen and oxygen atoms in total. The quantitative estimate of drug-likeness (QED) is 0.475. The molecule has 1 aliphatic rings. The summed E-state index contributed by atoms with van der Waals surface area (Å²) in [5.41, 5.74) is 0.483. The van der Waals surface area contributed by atoms with Gasteiger partial charge in [0.2, 0.25) is 0 Å². The Balaban J connectivity index is 2.21. The molecule has 0 unspecified atom stereocenters. The minimum absolute atomic E-state index is 0.149. The third kappa shape index (κ3) is 2.74. The Morgan fingerprint density at radius 3 is 2.58 bits per heavy atom. The van der Waals surface area contributed by atoms with Crippen molar-refractivity contribution in [3.63, 3.8) is 0 Å². The Hall–Kier alpha value is -1.13. The highest BCUT2D eigenvalue weighted by molar-refractivity contribution is 6.52. The fraction of sp³-hybridized carbons (Fsp3) is 0.385. The smallest absolute Gasteiger partial charge is 0.299 e. The van der Waals surface area contributed by atoms with Gasteiger partial charge >= 0.3 is 0 Å². The molecular weight excluding hydrogens is 292 g/mol. The molecule has 1 aromatic rings. The third-order valence-electron chi connectivity index (χ3n) is 3.03. The SMILES string of the molecule is O=C1C(=O)N(CCCCCCl)c2cc(F)c(Cl)cc21. The normalized spacial score (nSPS) is 14.2. The molecule has 1 heterocycles. The number of benzene rings is 1. The van der Waals surface area contributed by atoms with Crippen LogP contribution in [0.25, 0.3) is 0 Å². The number of anilines is 1. The first-order chi connectivity index (χ1) is 9.06. The van der Waals surface area contributed by atoms with Crippen molar-refractivity contribution in [2.24, 2.45) is 0 Å². The fourth-order valence-corrected chi connectivity index (χ4v) is 2.40. The maximum atomic E-state index is 13.4. The summed E-state index contributed by atoms with van der Waals surface area (Å²) in [5, 5.41) is -0.149. The van der Waals surface area contributed by atoms with Gasteiger partial charge in [-0.2, -0.15) is 0 Å².